The van der Waals surface area contributed by atoms with Crippen LogP contribution in [0.5, 0.6) is 0 Å². The maximum Gasteiger partial charge on any atom is 0.123 e. The third kappa shape index (κ3) is 2.49. The zero-order valence-electron chi connectivity index (χ0n) is 12.1. The summed E-state index contributed by atoms with van der Waals surface area (Å²) in [5, 5.41) is 3.49. The van der Waals surface area contributed by atoms with Crippen LogP contribution < -0.4 is 5.32 Å². The van der Waals surface area contributed by atoms with E-state index in [9.17, 15) is 0 Å². The largest absolute Gasteiger partial charge is 0.330 e. The number of nitrogens with one attached hydrogen (secondary N) is 1. The zero-order chi connectivity index (χ0) is 14.1. The van der Waals surface area contributed by atoms with Crippen LogP contribution in [0.1, 0.15) is 21.1 Å². The first-order valence-electron chi connectivity index (χ1n) is 6.82. The van der Waals surface area contributed by atoms with Crippen LogP contribution in [0.3, 0.4) is 0 Å². The molecule has 0 saturated heterocycles. The number of para-hydroxylation sites is 2. The molecule has 0 saturated carbocycles. The minimum absolute atomic E-state index is 0.793. The van der Waals surface area contributed by atoms with Crippen molar-refractivity contribution in [1.82, 2.24) is 14.9 Å². The first-order chi connectivity index (χ1) is 9.65. The van der Waals surface area contributed by atoms with Crippen molar-refractivity contribution in [2.45, 2.75) is 26.9 Å². The fraction of sp³-hybridized carbons (Fsp3) is 0.312. The van der Waals surface area contributed by atoms with Gasteiger partial charge in [0, 0.05) is 23.3 Å². The third-order valence-electron chi connectivity index (χ3n) is 3.68. The topological polar surface area (TPSA) is 29.9 Å². The van der Waals surface area contributed by atoms with Gasteiger partial charge in [-0.3, -0.25) is 0 Å². The van der Waals surface area contributed by atoms with Gasteiger partial charge in [0.25, 0.3) is 0 Å². The monoisotopic (exact) mass is 285 g/mol. The van der Waals surface area contributed by atoms with Crippen molar-refractivity contribution < 1.29 is 0 Å². The van der Waals surface area contributed by atoms with E-state index in [0.717, 1.165) is 24.4 Å². The van der Waals surface area contributed by atoms with E-state index in [-0.39, 0.29) is 0 Å². The van der Waals surface area contributed by atoms with Gasteiger partial charge in [0.15, 0.2) is 0 Å². The van der Waals surface area contributed by atoms with Crippen molar-refractivity contribution in [3.05, 3.63) is 51.5 Å². The molecule has 0 fully saturated rings. The molecular weight excluding hydrogens is 266 g/mol. The summed E-state index contributed by atoms with van der Waals surface area (Å²) in [6.45, 7) is 6.04. The molecule has 20 heavy (non-hydrogen) atoms. The third-order valence-corrected chi connectivity index (χ3v) is 4.83. The van der Waals surface area contributed by atoms with Gasteiger partial charge in [-0.25, -0.2) is 4.98 Å². The van der Waals surface area contributed by atoms with E-state index in [2.05, 4.69) is 60.0 Å². The molecule has 0 atom stereocenters. The van der Waals surface area contributed by atoms with Gasteiger partial charge in [0.2, 0.25) is 0 Å². The highest BCUT2D eigenvalue weighted by Crippen LogP contribution is 2.20. The van der Waals surface area contributed by atoms with Gasteiger partial charge in [-0.1, -0.05) is 12.1 Å². The van der Waals surface area contributed by atoms with E-state index < -0.39 is 0 Å². The Morgan fingerprint density at radius 3 is 2.70 bits per heavy atom. The first kappa shape index (κ1) is 13.3. The summed E-state index contributed by atoms with van der Waals surface area (Å²) >= 11 is 1.87. The van der Waals surface area contributed by atoms with Crippen LogP contribution in [-0.4, -0.2) is 9.55 Å². The standard InChI is InChI=1S/C16H19N3S/c1-11-8-13(20-12(11)2)9-17-10-16-18-14-6-4-5-7-15(14)19(16)3/h4-8,17H,9-10H2,1-3H3. The Morgan fingerprint density at radius 2 is 2.00 bits per heavy atom. The molecule has 104 valence electrons. The Labute approximate surface area is 123 Å². The molecule has 0 aliphatic heterocycles. The van der Waals surface area contributed by atoms with Gasteiger partial charge in [0.05, 0.1) is 17.6 Å². The number of imidazole rings is 1. The Bertz CT molecular complexity index is 720. The van der Waals surface area contributed by atoms with Crippen molar-refractivity contribution in [2.75, 3.05) is 0 Å². The predicted octanol–water partition coefficient (Wildman–Crippen LogP) is 3.54. The number of benzene rings is 1. The van der Waals surface area contributed by atoms with Crippen LogP contribution in [0.2, 0.25) is 0 Å². The second kappa shape index (κ2) is 5.38. The molecule has 3 nitrogen and oxygen atoms in total. The summed E-state index contributed by atoms with van der Waals surface area (Å²) in [4.78, 5) is 7.46. The molecular formula is C16H19N3S. The summed E-state index contributed by atoms with van der Waals surface area (Å²) in [6, 6.07) is 10.5. The zero-order valence-corrected chi connectivity index (χ0v) is 12.9. The molecule has 0 unspecified atom stereocenters. The second-order valence-corrected chi connectivity index (χ2v) is 6.47. The number of hydrogen-bond acceptors (Lipinski definition) is 3. The van der Waals surface area contributed by atoms with Crippen molar-refractivity contribution in [3.63, 3.8) is 0 Å². The summed E-state index contributed by atoms with van der Waals surface area (Å²) in [7, 11) is 2.08. The molecule has 0 aliphatic carbocycles. The van der Waals surface area contributed by atoms with Crippen LogP contribution >= 0.6 is 11.3 Å². The van der Waals surface area contributed by atoms with E-state index in [1.54, 1.807) is 0 Å². The molecule has 0 spiro atoms. The van der Waals surface area contributed by atoms with E-state index >= 15 is 0 Å². The van der Waals surface area contributed by atoms with Gasteiger partial charge in [0.1, 0.15) is 5.82 Å². The van der Waals surface area contributed by atoms with Crippen LogP contribution in [-0.2, 0) is 20.1 Å². The number of aryl methyl sites for hydroxylation is 3. The van der Waals surface area contributed by atoms with E-state index in [0.29, 0.717) is 0 Å². The molecule has 0 bridgehead atoms. The van der Waals surface area contributed by atoms with Gasteiger partial charge >= 0.3 is 0 Å². The highest BCUT2D eigenvalue weighted by Gasteiger charge is 2.07. The summed E-state index contributed by atoms with van der Waals surface area (Å²) < 4.78 is 2.16. The SMILES string of the molecule is Cc1cc(CNCc2nc3ccccc3n2C)sc1C. The molecule has 2 heterocycles. The number of nitrogens with zero attached hydrogens (tertiary/aromatic N) is 2. The van der Waals surface area contributed by atoms with E-state index in [4.69, 9.17) is 0 Å². The molecule has 0 amide bonds. The maximum atomic E-state index is 4.67. The lowest BCUT2D eigenvalue weighted by atomic mass is 10.3. The van der Waals surface area contributed by atoms with Crippen LogP contribution in [0.25, 0.3) is 11.0 Å². The normalized spacial score (nSPS) is 11.3. The highest BCUT2D eigenvalue weighted by molar-refractivity contribution is 7.12. The van der Waals surface area contributed by atoms with Crippen molar-refractivity contribution in [2.24, 2.45) is 7.05 Å². The molecule has 1 N–H and O–H groups in total. The summed E-state index contributed by atoms with van der Waals surface area (Å²) in [5.74, 6) is 1.08. The van der Waals surface area contributed by atoms with Gasteiger partial charge < -0.3 is 9.88 Å². The Morgan fingerprint density at radius 1 is 1.20 bits per heavy atom. The number of rotatable bonds is 4. The van der Waals surface area contributed by atoms with Crippen LogP contribution in [0.15, 0.2) is 30.3 Å². The molecule has 3 aromatic rings. The Balaban J connectivity index is 1.69. The quantitative estimate of drug-likeness (QED) is 0.794. The lowest BCUT2D eigenvalue weighted by Crippen LogP contribution is -2.15. The molecule has 1 aromatic carbocycles. The number of fused-ring (bicyclic) bond motifs is 1. The number of hydrogen-bond donors (Lipinski definition) is 1. The average Bonchev–Trinajstić information content (AvgIpc) is 2.92. The smallest absolute Gasteiger partial charge is 0.123 e. The molecule has 2 aromatic heterocycles. The molecule has 3 rings (SSSR count). The average molecular weight is 285 g/mol. The van der Waals surface area contributed by atoms with Crippen molar-refractivity contribution in [3.8, 4) is 0 Å². The minimum Gasteiger partial charge on any atom is -0.330 e. The fourth-order valence-corrected chi connectivity index (χ4v) is 3.41. The van der Waals surface area contributed by atoms with Gasteiger partial charge in [-0.15, -0.1) is 11.3 Å². The van der Waals surface area contributed by atoms with Crippen LogP contribution in [0, 0.1) is 13.8 Å². The van der Waals surface area contributed by atoms with Crippen molar-refractivity contribution in [1.29, 1.82) is 0 Å². The van der Waals surface area contributed by atoms with E-state index in [1.807, 2.05) is 17.4 Å². The molecule has 4 heteroatoms. The molecule has 0 aliphatic rings. The number of thiophene rings is 1. The van der Waals surface area contributed by atoms with Crippen molar-refractivity contribution >= 4 is 22.4 Å². The Hall–Kier alpha value is -1.65. The lowest BCUT2D eigenvalue weighted by Gasteiger charge is -2.03. The summed E-state index contributed by atoms with van der Waals surface area (Å²) in [6.07, 6.45) is 0. The summed E-state index contributed by atoms with van der Waals surface area (Å²) in [5.41, 5.74) is 3.64. The van der Waals surface area contributed by atoms with E-state index in [1.165, 1.54) is 20.8 Å². The second-order valence-electron chi connectivity index (χ2n) is 5.13. The van der Waals surface area contributed by atoms with Crippen LogP contribution in [0.4, 0.5) is 0 Å². The van der Waals surface area contributed by atoms with Gasteiger partial charge in [-0.05, 0) is 37.6 Å². The number of aromatic nitrogens is 2. The predicted molar refractivity (Wildman–Crippen MR) is 85.1 cm³/mol. The fourth-order valence-electron chi connectivity index (χ4n) is 2.39. The minimum atomic E-state index is 0.793. The van der Waals surface area contributed by atoms with Gasteiger partial charge in [-0.2, -0.15) is 0 Å². The highest BCUT2D eigenvalue weighted by atomic mass is 32.1. The maximum absolute atomic E-state index is 4.67. The first-order valence-corrected chi connectivity index (χ1v) is 7.64. The molecule has 0 radical (unpaired) electrons. The Kier molecular flexibility index (Phi) is 3.59. The lowest BCUT2D eigenvalue weighted by molar-refractivity contribution is 0.648.